The summed E-state index contributed by atoms with van der Waals surface area (Å²) in [5.41, 5.74) is 6.03. The zero-order valence-electron chi connectivity index (χ0n) is 12.1. The molecule has 0 aliphatic heterocycles. The number of furan rings is 1. The quantitative estimate of drug-likeness (QED) is 0.472. The van der Waals surface area contributed by atoms with E-state index in [1.54, 1.807) is 0 Å². The van der Waals surface area contributed by atoms with Crippen molar-refractivity contribution in [2.45, 2.75) is 13.8 Å². The lowest BCUT2D eigenvalue weighted by Gasteiger charge is -2.03. The highest BCUT2D eigenvalue weighted by Gasteiger charge is 2.14. The second kappa shape index (κ2) is 4.45. The molecule has 0 N–H and O–H groups in total. The van der Waals surface area contributed by atoms with Gasteiger partial charge < -0.3 is 4.42 Å². The van der Waals surface area contributed by atoms with Gasteiger partial charge in [-0.2, -0.15) is 0 Å². The van der Waals surface area contributed by atoms with Crippen LogP contribution >= 0.6 is 0 Å². The molecule has 0 bridgehead atoms. The molecule has 102 valence electrons. The topological polar surface area (TPSA) is 26.0 Å². The standard InChI is InChI=1S/C19H15NO/c1-12-8-9-17-15(10-12)16-11-13(2)20-18(19(16)21-17)14-6-4-3-5-7-14/h3-11H,1-2H3. The minimum atomic E-state index is 0.868. The van der Waals surface area contributed by atoms with Gasteiger partial charge in [0.25, 0.3) is 0 Å². The van der Waals surface area contributed by atoms with Crippen LogP contribution in [0.4, 0.5) is 0 Å². The van der Waals surface area contributed by atoms with Crippen LogP contribution in [-0.2, 0) is 0 Å². The first kappa shape index (κ1) is 12.2. The first-order valence-corrected chi connectivity index (χ1v) is 7.08. The second-order valence-electron chi connectivity index (χ2n) is 5.46. The molecule has 0 aliphatic carbocycles. The zero-order chi connectivity index (χ0) is 14.4. The first-order chi connectivity index (χ1) is 10.2. The summed E-state index contributed by atoms with van der Waals surface area (Å²) in [5, 5.41) is 2.30. The average molecular weight is 273 g/mol. The van der Waals surface area contributed by atoms with Crippen LogP contribution in [-0.4, -0.2) is 4.98 Å². The van der Waals surface area contributed by atoms with Gasteiger partial charge in [0.1, 0.15) is 11.3 Å². The van der Waals surface area contributed by atoms with Crippen molar-refractivity contribution >= 4 is 21.9 Å². The van der Waals surface area contributed by atoms with E-state index < -0.39 is 0 Å². The lowest BCUT2D eigenvalue weighted by Crippen LogP contribution is -1.87. The van der Waals surface area contributed by atoms with Crippen LogP contribution in [0.25, 0.3) is 33.2 Å². The SMILES string of the molecule is Cc1ccc2oc3c(-c4ccccc4)nc(C)cc3c2c1. The van der Waals surface area contributed by atoms with Crippen molar-refractivity contribution in [1.82, 2.24) is 4.98 Å². The Labute approximate surface area is 123 Å². The number of benzene rings is 2. The fourth-order valence-electron chi connectivity index (χ4n) is 2.81. The zero-order valence-corrected chi connectivity index (χ0v) is 12.1. The predicted molar refractivity (Wildman–Crippen MR) is 86.4 cm³/mol. The van der Waals surface area contributed by atoms with Crippen LogP contribution in [0.5, 0.6) is 0 Å². The minimum absolute atomic E-state index is 0.868. The van der Waals surface area contributed by atoms with Crippen molar-refractivity contribution in [3.63, 3.8) is 0 Å². The van der Waals surface area contributed by atoms with Gasteiger partial charge in [0, 0.05) is 22.0 Å². The number of nitrogens with zero attached hydrogens (tertiary/aromatic N) is 1. The summed E-state index contributed by atoms with van der Waals surface area (Å²) in [6, 6.07) is 18.6. The van der Waals surface area contributed by atoms with Crippen molar-refractivity contribution in [1.29, 1.82) is 0 Å². The molecule has 21 heavy (non-hydrogen) atoms. The molecule has 2 heterocycles. The summed E-state index contributed by atoms with van der Waals surface area (Å²) in [7, 11) is 0. The lowest BCUT2D eigenvalue weighted by atomic mass is 10.1. The molecule has 0 atom stereocenters. The number of rotatable bonds is 1. The smallest absolute Gasteiger partial charge is 0.161 e. The monoisotopic (exact) mass is 273 g/mol. The summed E-state index contributed by atoms with van der Waals surface area (Å²) >= 11 is 0. The van der Waals surface area contributed by atoms with Gasteiger partial charge in [0.15, 0.2) is 5.58 Å². The molecule has 2 aromatic heterocycles. The number of hydrogen-bond acceptors (Lipinski definition) is 2. The van der Waals surface area contributed by atoms with E-state index in [1.807, 2.05) is 31.2 Å². The molecular formula is C19H15NO. The second-order valence-corrected chi connectivity index (χ2v) is 5.46. The number of aromatic nitrogens is 1. The molecule has 2 aromatic carbocycles. The Morgan fingerprint density at radius 3 is 2.48 bits per heavy atom. The maximum absolute atomic E-state index is 6.09. The highest BCUT2D eigenvalue weighted by molar-refractivity contribution is 6.09. The number of fused-ring (bicyclic) bond motifs is 3. The van der Waals surface area contributed by atoms with E-state index in [9.17, 15) is 0 Å². The van der Waals surface area contributed by atoms with Crippen LogP contribution in [0.3, 0.4) is 0 Å². The van der Waals surface area contributed by atoms with E-state index in [4.69, 9.17) is 9.40 Å². The molecule has 0 amide bonds. The van der Waals surface area contributed by atoms with E-state index in [0.29, 0.717) is 0 Å². The van der Waals surface area contributed by atoms with E-state index in [0.717, 1.165) is 38.9 Å². The van der Waals surface area contributed by atoms with Gasteiger partial charge in [0.05, 0.1) is 0 Å². The first-order valence-electron chi connectivity index (χ1n) is 7.08. The fourth-order valence-corrected chi connectivity index (χ4v) is 2.81. The van der Waals surface area contributed by atoms with Gasteiger partial charge in [-0.05, 0) is 32.0 Å². The summed E-state index contributed by atoms with van der Waals surface area (Å²) < 4.78 is 6.09. The minimum Gasteiger partial charge on any atom is -0.454 e. The molecule has 4 aromatic rings. The van der Waals surface area contributed by atoms with Gasteiger partial charge in [-0.3, -0.25) is 0 Å². The van der Waals surface area contributed by atoms with Crippen LogP contribution < -0.4 is 0 Å². The van der Waals surface area contributed by atoms with Crippen LogP contribution in [0.1, 0.15) is 11.3 Å². The van der Waals surface area contributed by atoms with E-state index >= 15 is 0 Å². The molecule has 0 saturated heterocycles. The number of pyridine rings is 1. The molecule has 0 unspecified atom stereocenters. The lowest BCUT2D eigenvalue weighted by molar-refractivity contribution is 0.668. The van der Waals surface area contributed by atoms with E-state index in [2.05, 4.69) is 37.3 Å². The molecule has 0 aliphatic rings. The summed E-state index contributed by atoms with van der Waals surface area (Å²) in [6.07, 6.45) is 0. The molecule has 0 spiro atoms. The van der Waals surface area contributed by atoms with Gasteiger partial charge in [0.2, 0.25) is 0 Å². The van der Waals surface area contributed by atoms with Crippen LogP contribution in [0.2, 0.25) is 0 Å². The van der Waals surface area contributed by atoms with Crippen molar-refractivity contribution < 1.29 is 4.42 Å². The summed E-state index contributed by atoms with van der Waals surface area (Å²) in [4.78, 5) is 4.70. The fraction of sp³-hybridized carbons (Fsp3) is 0.105. The molecule has 2 nitrogen and oxygen atoms in total. The highest BCUT2D eigenvalue weighted by Crippen LogP contribution is 2.35. The van der Waals surface area contributed by atoms with Crippen LogP contribution in [0.15, 0.2) is 59.0 Å². The van der Waals surface area contributed by atoms with Gasteiger partial charge in [-0.1, -0.05) is 42.0 Å². The Morgan fingerprint density at radius 1 is 0.857 bits per heavy atom. The maximum atomic E-state index is 6.09. The molecule has 2 heteroatoms. The molecule has 0 saturated carbocycles. The van der Waals surface area contributed by atoms with Crippen molar-refractivity contribution in [2.24, 2.45) is 0 Å². The summed E-state index contributed by atoms with van der Waals surface area (Å²) in [5.74, 6) is 0. The largest absolute Gasteiger partial charge is 0.454 e. The molecule has 0 radical (unpaired) electrons. The van der Waals surface area contributed by atoms with E-state index in [1.165, 1.54) is 5.56 Å². The Morgan fingerprint density at radius 2 is 1.67 bits per heavy atom. The number of hydrogen-bond donors (Lipinski definition) is 0. The third-order valence-electron chi connectivity index (χ3n) is 3.79. The highest BCUT2D eigenvalue weighted by atomic mass is 16.3. The third kappa shape index (κ3) is 1.91. The average Bonchev–Trinajstić information content (AvgIpc) is 2.85. The summed E-state index contributed by atoms with van der Waals surface area (Å²) in [6.45, 7) is 4.13. The normalized spacial score (nSPS) is 11.3. The van der Waals surface area contributed by atoms with Gasteiger partial charge >= 0.3 is 0 Å². The van der Waals surface area contributed by atoms with Gasteiger partial charge in [-0.25, -0.2) is 4.98 Å². The Hall–Kier alpha value is -2.61. The molecule has 0 fully saturated rings. The third-order valence-corrected chi connectivity index (χ3v) is 3.79. The Kier molecular flexibility index (Phi) is 2.58. The Balaban J connectivity index is 2.15. The molecular weight excluding hydrogens is 258 g/mol. The van der Waals surface area contributed by atoms with Crippen LogP contribution in [0, 0.1) is 13.8 Å². The van der Waals surface area contributed by atoms with E-state index in [-0.39, 0.29) is 0 Å². The van der Waals surface area contributed by atoms with Gasteiger partial charge in [-0.15, -0.1) is 0 Å². The maximum Gasteiger partial charge on any atom is 0.161 e. The molecule has 4 rings (SSSR count). The number of aryl methyl sites for hydroxylation is 2. The van der Waals surface area contributed by atoms with Crippen molar-refractivity contribution in [3.8, 4) is 11.3 Å². The predicted octanol–water partition coefficient (Wildman–Crippen LogP) is 5.26. The Bertz CT molecular complexity index is 952. The van der Waals surface area contributed by atoms with Crippen molar-refractivity contribution in [2.75, 3.05) is 0 Å². The van der Waals surface area contributed by atoms with Crippen molar-refractivity contribution in [3.05, 3.63) is 65.9 Å².